The lowest BCUT2D eigenvalue weighted by Gasteiger charge is -2.38. The standard InChI is InChI=1S/C22H28Cl2N6O3/c1-13-17-15(8-12-30(13)21(31)33-22(2,3)4)25-9-5-16(17)32-14-6-10-29(11-7-14)19-18(23)27-28-20(24)26-19/h5,9,13-14H,6-8,10-12H2,1-4H3. The zero-order valence-electron chi connectivity index (χ0n) is 19.2. The first-order valence-corrected chi connectivity index (χ1v) is 11.8. The van der Waals surface area contributed by atoms with Crippen molar-refractivity contribution < 1.29 is 14.3 Å². The van der Waals surface area contributed by atoms with Gasteiger partial charge in [0, 0.05) is 50.7 Å². The third-order valence-corrected chi connectivity index (χ3v) is 6.18. The molecule has 1 saturated heterocycles. The van der Waals surface area contributed by atoms with E-state index < -0.39 is 5.60 Å². The number of carbonyl (C=O) groups excluding carboxylic acids is 1. The lowest BCUT2D eigenvalue weighted by atomic mass is 9.97. The molecule has 2 aromatic heterocycles. The molecule has 1 fully saturated rings. The minimum atomic E-state index is -0.550. The van der Waals surface area contributed by atoms with Crippen molar-refractivity contribution in [2.45, 2.75) is 64.7 Å². The number of pyridine rings is 1. The number of hydrogen-bond donors (Lipinski definition) is 0. The van der Waals surface area contributed by atoms with Crippen LogP contribution in [0.1, 0.15) is 57.8 Å². The Morgan fingerprint density at radius 1 is 1.15 bits per heavy atom. The molecule has 0 aromatic carbocycles. The predicted molar refractivity (Wildman–Crippen MR) is 125 cm³/mol. The van der Waals surface area contributed by atoms with Crippen molar-refractivity contribution in [1.82, 2.24) is 25.1 Å². The van der Waals surface area contributed by atoms with Crippen LogP contribution >= 0.6 is 23.2 Å². The summed E-state index contributed by atoms with van der Waals surface area (Å²) in [5.74, 6) is 1.31. The quantitative estimate of drug-likeness (QED) is 0.616. The summed E-state index contributed by atoms with van der Waals surface area (Å²) in [4.78, 5) is 25.3. The first-order chi connectivity index (χ1) is 15.6. The van der Waals surface area contributed by atoms with Crippen LogP contribution in [0.4, 0.5) is 10.6 Å². The van der Waals surface area contributed by atoms with Crippen LogP contribution in [-0.4, -0.2) is 62.5 Å². The van der Waals surface area contributed by atoms with Crippen molar-refractivity contribution in [1.29, 1.82) is 0 Å². The second-order valence-corrected chi connectivity index (χ2v) is 9.96. The Labute approximate surface area is 203 Å². The van der Waals surface area contributed by atoms with Crippen LogP contribution in [0.15, 0.2) is 12.3 Å². The molecule has 11 heteroatoms. The Bertz CT molecular complexity index is 1020. The number of halogens is 2. The number of amides is 1. The van der Waals surface area contributed by atoms with E-state index in [4.69, 9.17) is 32.7 Å². The zero-order valence-corrected chi connectivity index (χ0v) is 20.7. The maximum absolute atomic E-state index is 12.8. The Hall–Kier alpha value is -2.39. The monoisotopic (exact) mass is 494 g/mol. The molecule has 178 valence electrons. The molecule has 33 heavy (non-hydrogen) atoms. The number of piperidine rings is 1. The van der Waals surface area contributed by atoms with Crippen molar-refractivity contribution in [2.24, 2.45) is 0 Å². The van der Waals surface area contributed by atoms with E-state index in [1.807, 2.05) is 38.7 Å². The Morgan fingerprint density at radius 3 is 2.58 bits per heavy atom. The lowest BCUT2D eigenvalue weighted by molar-refractivity contribution is 0.0153. The molecule has 0 bridgehead atoms. The molecule has 0 aliphatic carbocycles. The molecule has 0 radical (unpaired) electrons. The van der Waals surface area contributed by atoms with Gasteiger partial charge in [-0.15, -0.1) is 10.2 Å². The van der Waals surface area contributed by atoms with Gasteiger partial charge in [0.25, 0.3) is 0 Å². The van der Waals surface area contributed by atoms with Crippen molar-refractivity contribution in [3.05, 3.63) is 34.0 Å². The number of ether oxygens (including phenoxy) is 2. The van der Waals surface area contributed by atoms with Gasteiger partial charge in [0.2, 0.25) is 5.28 Å². The number of anilines is 1. The fourth-order valence-electron chi connectivity index (χ4n) is 4.24. The van der Waals surface area contributed by atoms with Gasteiger partial charge in [-0.25, -0.2) is 4.79 Å². The molecule has 0 saturated carbocycles. The summed E-state index contributed by atoms with van der Waals surface area (Å²) < 4.78 is 12.0. The SMILES string of the molecule is CC1c2c(OC3CCN(c4nc(Cl)nnc4Cl)CC3)ccnc2CCN1C(=O)OC(C)(C)C. The van der Waals surface area contributed by atoms with Crippen LogP contribution < -0.4 is 9.64 Å². The van der Waals surface area contributed by atoms with E-state index >= 15 is 0 Å². The normalized spacial score (nSPS) is 19.3. The van der Waals surface area contributed by atoms with Crippen LogP contribution in [0.5, 0.6) is 5.75 Å². The van der Waals surface area contributed by atoms with Gasteiger partial charge in [-0.2, -0.15) is 4.98 Å². The zero-order chi connectivity index (χ0) is 23.8. The van der Waals surface area contributed by atoms with E-state index in [-0.39, 0.29) is 28.7 Å². The van der Waals surface area contributed by atoms with Gasteiger partial charge in [0.1, 0.15) is 17.5 Å². The number of fused-ring (bicyclic) bond motifs is 1. The summed E-state index contributed by atoms with van der Waals surface area (Å²) in [6, 6.07) is 1.69. The summed E-state index contributed by atoms with van der Waals surface area (Å²) in [5, 5.41) is 7.81. The molecular weight excluding hydrogens is 467 g/mol. The van der Waals surface area contributed by atoms with Crippen LogP contribution in [0, 0.1) is 0 Å². The van der Waals surface area contributed by atoms with Crippen molar-refractivity contribution in [2.75, 3.05) is 24.5 Å². The Kier molecular flexibility index (Phi) is 6.81. The van der Waals surface area contributed by atoms with Gasteiger partial charge in [-0.3, -0.25) is 4.98 Å². The molecule has 4 heterocycles. The molecule has 4 rings (SSSR count). The highest BCUT2D eigenvalue weighted by molar-refractivity contribution is 6.32. The summed E-state index contributed by atoms with van der Waals surface area (Å²) in [5.41, 5.74) is 1.36. The summed E-state index contributed by atoms with van der Waals surface area (Å²) in [7, 11) is 0. The fraction of sp³-hybridized carbons (Fsp3) is 0.591. The predicted octanol–water partition coefficient (Wildman–Crippen LogP) is 4.48. The topological polar surface area (TPSA) is 93.6 Å². The minimum Gasteiger partial charge on any atom is -0.490 e. The first kappa shape index (κ1) is 23.8. The number of rotatable bonds is 3. The van der Waals surface area contributed by atoms with E-state index in [1.54, 1.807) is 11.1 Å². The number of hydrogen-bond acceptors (Lipinski definition) is 8. The summed E-state index contributed by atoms with van der Waals surface area (Å²) in [6.45, 7) is 9.57. The van der Waals surface area contributed by atoms with Gasteiger partial charge < -0.3 is 19.3 Å². The highest BCUT2D eigenvalue weighted by Crippen LogP contribution is 2.37. The van der Waals surface area contributed by atoms with Crippen molar-refractivity contribution in [3.63, 3.8) is 0 Å². The largest absolute Gasteiger partial charge is 0.490 e. The van der Waals surface area contributed by atoms with Crippen molar-refractivity contribution in [3.8, 4) is 5.75 Å². The molecule has 2 aromatic rings. The van der Waals surface area contributed by atoms with Gasteiger partial charge in [-0.05, 0) is 45.4 Å². The highest BCUT2D eigenvalue weighted by Gasteiger charge is 2.34. The molecule has 1 atom stereocenters. The molecule has 2 aliphatic heterocycles. The smallest absolute Gasteiger partial charge is 0.410 e. The Balaban J connectivity index is 1.46. The number of aromatic nitrogens is 4. The van der Waals surface area contributed by atoms with E-state index in [9.17, 15) is 4.79 Å². The van der Waals surface area contributed by atoms with E-state index in [1.165, 1.54) is 0 Å². The van der Waals surface area contributed by atoms with Crippen LogP contribution in [-0.2, 0) is 11.2 Å². The second-order valence-electron chi connectivity index (χ2n) is 9.27. The number of nitrogens with zero attached hydrogens (tertiary/aromatic N) is 6. The van der Waals surface area contributed by atoms with Gasteiger partial charge in [-0.1, -0.05) is 11.6 Å². The average Bonchev–Trinajstić information content (AvgIpc) is 2.75. The molecule has 1 unspecified atom stereocenters. The highest BCUT2D eigenvalue weighted by atomic mass is 35.5. The van der Waals surface area contributed by atoms with E-state index in [0.717, 1.165) is 29.8 Å². The van der Waals surface area contributed by atoms with E-state index in [0.29, 0.717) is 31.9 Å². The average molecular weight is 495 g/mol. The number of carbonyl (C=O) groups is 1. The molecule has 1 amide bonds. The van der Waals surface area contributed by atoms with E-state index in [2.05, 4.69) is 20.2 Å². The lowest BCUT2D eigenvalue weighted by Crippen LogP contribution is -2.43. The third kappa shape index (κ3) is 5.41. The second kappa shape index (κ2) is 9.46. The third-order valence-electron chi connectivity index (χ3n) is 5.77. The molecule has 9 nitrogen and oxygen atoms in total. The molecule has 0 spiro atoms. The van der Waals surface area contributed by atoms with Crippen LogP contribution in [0.25, 0.3) is 0 Å². The molecule has 2 aliphatic rings. The summed E-state index contributed by atoms with van der Waals surface area (Å²) in [6.07, 6.45) is 3.68. The van der Waals surface area contributed by atoms with Gasteiger partial charge >= 0.3 is 6.09 Å². The first-order valence-electron chi connectivity index (χ1n) is 11.1. The molecular formula is C22H28Cl2N6O3. The minimum absolute atomic E-state index is 0.0147. The summed E-state index contributed by atoms with van der Waals surface area (Å²) >= 11 is 12.0. The van der Waals surface area contributed by atoms with Crippen LogP contribution in [0.2, 0.25) is 10.4 Å². The fourth-order valence-corrected chi connectivity index (χ4v) is 4.56. The maximum Gasteiger partial charge on any atom is 0.410 e. The van der Waals surface area contributed by atoms with Crippen LogP contribution in [0.3, 0.4) is 0 Å². The molecule has 0 N–H and O–H groups in total. The van der Waals surface area contributed by atoms with Gasteiger partial charge in [0.15, 0.2) is 11.0 Å². The Morgan fingerprint density at radius 2 is 1.88 bits per heavy atom. The maximum atomic E-state index is 12.8. The van der Waals surface area contributed by atoms with Crippen molar-refractivity contribution >= 4 is 35.1 Å². The van der Waals surface area contributed by atoms with Gasteiger partial charge in [0.05, 0.1) is 11.7 Å².